The Morgan fingerprint density at radius 3 is 1.16 bits per heavy atom. The topological polar surface area (TPSA) is 0 Å². The average Bonchev–Trinajstić information content (AvgIpc) is 3.69. The molecule has 0 aromatic heterocycles. The van der Waals surface area contributed by atoms with Crippen molar-refractivity contribution < 1.29 is 0 Å². The van der Waals surface area contributed by atoms with Gasteiger partial charge < -0.3 is 0 Å². The molecule has 0 spiro atoms. The van der Waals surface area contributed by atoms with E-state index in [4.69, 9.17) is 0 Å². The molecular weight excluding hydrogens is 805 g/mol. The lowest BCUT2D eigenvalue weighted by molar-refractivity contribution is 0.539. The molecule has 0 aliphatic heterocycles. The SMILES string of the molecule is CCCCC1(c2ccccc2-c2ccccc2)c2ccccc2-c2ccc(-c3c4ccccc4c(-c4ccc(-c5cc(-c6ccccc6)cc(-c6ccccc6)c5)cc4)c4ccccc34)cc21. The van der Waals surface area contributed by atoms with Crippen LogP contribution in [0.25, 0.3) is 99.4 Å². The Labute approximate surface area is 394 Å². The van der Waals surface area contributed by atoms with Gasteiger partial charge in [0.15, 0.2) is 0 Å². The van der Waals surface area contributed by atoms with Crippen LogP contribution in [0.1, 0.15) is 42.9 Å². The van der Waals surface area contributed by atoms with Gasteiger partial charge in [0, 0.05) is 5.41 Å². The van der Waals surface area contributed by atoms with Crippen LogP contribution >= 0.6 is 0 Å². The van der Waals surface area contributed by atoms with Crippen molar-refractivity contribution in [1.29, 1.82) is 0 Å². The fourth-order valence-corrected chi connectivity index (χ4v) is 11.4. The number of fused-ring (bicyclic) bond motifs is 5. The fraction of sp³-hybridized carbons (Fsp3) is 0.0746. The van der Waals surface area contributed by atoms with E-state index >= 15 is 0 Å². The minimum Gasteiger partial charge on any atom is -0.0654 e. The zero-order chi connectivity index (χ0) is 44.7. The van der Waals surface area contributed by atoms with Crippen LogP contribution in [0.15, 0.2) is 249 Å². The molecule has 0 amide bonds. The molecule has 1 aliphatic carbocycles. The smallest absolute Gasteiger partial charge is 0.0470 e. The number of rotatable bonds is 10. The Balaban J connectivity index is 1.03. The molecule has 11 aromatic carbocycles. The molecule has 1 unspecified atom stereocenters. The van der Waals surface area contributed by atoms with Crippen molar-refractivity contribution in [2.75, 3.05) is 0 Å². The van der Waals surface area contributed by atoms with Crippen LogP contribution in [-0.4, -0.2) is 0 Å². The van der Waals surface area contributed by atoms with Gasteiger partial charge in [-0.3, -0.25) is 0 Å². The first-order valence-corrected chi connectivity index (χ1v) is 23.9. The van der Waals surface area contributed by atoms with Gasteiger partial charge in [0.1, 0.15) is 0 Å². The maximum Gasteiger partial charge on any atom is 0.0470 e. The Bertz CT molecular complexity index is 3470. The van der Waals surface area contributed by atoms with E-state index in [0.29, 0.717) is 0 Å². The van der Waals surface area contributed by atoms with E-state index in [0.717, 1.165) is 19.3 Å². The van der Waals surface area contributed by atoms with Crippen LogP contribution in [0, 0.1) is 0 Å². The zero-order valence-electron chi connectivity index (χ0n) is 37.8. The first kappa shape index (κ1) is 40.4. The quantitative estimate of drug-likeness (QED) is 0.120. The molecule has 11 aromatic rings. The molecule has 1 atom stereocenters. The van der Waals surface area contributed by atoms with Crippen molar-refractivity contribution >= 4 is 21.5 Å². The van der Waals surface area contributed by atoms with Crippen LogP contribution in [-0.2, 0) is 5.41 Å². The van der Waals surface area contributed by atoms with Gasteiger partial charge in [-0.1, -0.05) is 244 Å². The van der Waals surface area contributed by atoms with Crippen molar-refractivity contribution in [3.63, 3.8) is 0 Å². The summed E-state index contributed by atoms with van der Waals surface area (Å²) in [5.41, 5.74) is 21.4. The van der Waals surface area contributed by atoms with Crippen molar-refractivity contribution in [2.45, 2.75) is 31.6 Å². The number of hydrogen-bond donors (Lipinski definition) is 0. The molecule has 0 N–H and O–H groups in total. The summed E-state index contributed by atoms with van der Waals surface area (Å²) in [5.74, 6) is 0. The lowest BCUT2D eigenvalue weighted by Crippen LogP contribution is -2.28. The molecule has 318 valence electrons. The lowest BCUT2D eigenvalue weighted by atomic mass is 9.67. The second-order valence-corrected chi connectivity index (χ2v) is 18.2. The summed E-state index contributed by atoms with van der Waals surface area (Å²) in [7, 11) is 0. The van der Waals surface area contributed by atoms with E-state index < -0.39 is 0 Å². The van der Waals surface area contributed by atoms with E-state index in [9.17, 15) is 0 Å². The second kappa shape index (κ2) is 17.1. The predicted molar refractivity (Wildman–Crippen MR) is 285 cm³/mol. The second-order valence-electron chi connectivity index (χ2n) is 18.2. The molecule has 12 rings (SSSR count). The summed E-state index contributed by atoms with van der Waals surface area (Å²) in [6.45, 7) is 2.33. The minimum absolute atomic E-state index is 0.319. The number of hydrogen-bond acceptors (Lipinski definition) is 0. The summed E-state index contributed by atoms with van der Waals surface area (Å²) >= 11 is 0. The van der Waals surface area contributed by atoms with Gasteiger partial charge in [0.2, 0.25) is 0 Å². The van der Waals surface area contributed by atoms with E-state index in [2.05, 4.69) is 256 Å². The summed E-state index contributed by atoms with van der Waals surface area (Å²) in [5, 5.41) is 5.05. The van der Waals surface area contributed by atoms with Gasteiger partial charge in [-0.05, 0) is 147 Å². The third kappa shape index (κ3) is 6.91. The highest BCUT2D eigenvalue weighted by atomic mass is 14.5. The molecule has 0 saturated carbocycles. The molecule has 1 aliphatic rings. The van der Waals surface area contributed by atoms with Gasteiger partial charge in [-0.2, -0.15) is 0 Å². The molecule has 0 heterocycles. The Kier molecular flexibility index (Phi) is 10.3. The monoisotopic (exact) mass is 854 g/mol. The van der Waals surface area contributed by atoms with Gasteiger partial charge in [-0.15, -0.1) is 0 Å². The minimum atomic E-state index is -0.319. The maximum absolute atomic E-state index is 2.57. The van der Waals surface area contributed by atoms with Gasteiger partial charge in [0.05, 0.1) is 0 Å². The van der Waals surface area contributed by atoms with Crippen LogP contribution in [0.3, 0.4) is 0 Å². The van der Waals surface area contributed by atoms with Crippen molar-refractivity contribution in [3.8, 4) is 77.9 Å². The lowest BCUT2D eigenvalue weighted by Gasteiger charge is -2.35. The van der Waals surface area contributed by atoms with Crippen molar-refractivity contribution in [2.24, 2.45) is 0 Å². The van der Waals surface area contributed by atoms with Gasteiger partial charge in [-0.25, -0.2) is 0 Å². The third-order valence-electron chi connectivity index (χ3n) is 14.4. The summed E-state index contributed by atoms with van der Waals surface area (Å²) in [4.78, 5) is 0. The highest BCUT2D eigenvalue weighted by Gasteiger charge is 2.45. The molecule has 0 fully saturated rings. The fourth-order valence-electron chi connectivity index (χ4n) is 11.4. The molecule has 0 nitrogen and oxygen atoms in total. The Hall–Kier alpha value is -8.06. The molecule has 0 bridgehead atoms. The zero-order valence-corrected chi connectivity index (χ0v) is 37.8. The first-order chi connectivity index (χ1) is 33.2. The number of unbranched alkanes of at least 4 members (excludes halogenated alkanes) is 1. The van der Waals surface area contributed by atoms with E-state index in [1.54, 1.807) is 0 Å². The highest BCUT2D eigenvalue weighted by Crippen LogP contribution is 2.58. The van der Waals surface area contributed by atoms with Crippen molar-refractivity contribution in [1.82, 2.24) is 0 Å². The van der Waals surface area contributed by atoms with E-state index in [1.807, 2.05) is 0 Å². The van der Waals surface area contributed by atoms with Gasteiger partial charge >= 0.3 is 0 Å². The molecular formula is C67H50. The first-order valence-electron chi connectivity index (χ1n) is 23.9. The maximum atomic E-state index is 2.57. The van der Waals surface area contributed by atoms with Crippen molar-refractivity contribution in [3.05, 3.63) is 265 Å². The standard InChI is InChI=1S/C67H50/c1-2-3-41-67(62-33-19-17-27-55(62)49-25-11-6-12-26-49)63-34-20-18-28-56(63)57-40-39-51(45-64(57)67)66-60-31-15-13-29-58(60)65(59-30-14-16-32-61(59)66)50-37-35-48(36-38-50)54-43-52(46-21-7-4-8-22-46)42-53(44-54)47-23-9-5-10-24-47/h4-40,42-45H,2-3,41H2,1H3. The van der Waals surface area contributed by atoms with Crippen LogP contribution in [0.4, 0.5) is 0 Å². The molecule has 67 heavy (non-hydrogen) atoms. The number of benzene rings is 11. The third-order valence-corrected chi connectivity index (χ3v) is 14.4. The molecule has 0 heteroatoms. The summed E-state index contributed by atoms with van der Waals surface area (Å²) in [6, 6.07) is 92.7. The molecule has 0 radical (unpaired) electrons. The van der Waals surface area contributed by atoms with Gasteiger partial charge in [0.25, 0.3) is 0 Å². The van der Waals surface area contributed by atoms with Crippen LogP contribution in [0.2, 0.25) is 0 Å². The summed E-state index contributed by atoms with van der Waals surface area (Å²) in [6.07, 6.45) is 3.27. The van der Waals surface area contributed by atoms with E-state index in [1.165, 1.54) is 116 Å². The Morgan fingerprint density at radius 1 is 0.269 bits per heavy atom. The average molecular weight is 855 g/mol. The summed E-state index contributed by atoms with van der Waals surface area (Å²) < 4.78 is 0. The largest absolute Gasteiger partial charge is 0.0654 e. The Morgan fingerprint density at radius 2 is 0.642 bits per heavy atom. The van der Waals surface area contributed by atoms with Crippen LogP contribution in [0.5, 0.6) is 0 Å². The van der Waals surface area contributed by atoms with Crippen LogP contribution < -0.4 is 0 Å². The molecule has 0 saturated heterocycles. The predicted octanol–water partition coefficient (Wildman–Crippen LogP) is 18.5. The highest BCUT2D eigenvalue weighted by molar-refractivity contribution is 6.21. The van der Waals surface area contributed by atoms with E-state index in [-0.39, 0.29) is 5.41 Å². The normalized spacial score (nSPS) is 14.0.